The third-order valence-electron chi connectivity index (χ3n) is 3.95. The van der Waals surface area contributed by atoms with E-state index in [2.05, 4.69) is 55.5 Å². The van der Waals surface area contributed by atoms with E-state index in [1.807, 2.05) is 17.8 Å². The summed E-state index contributed by atoms with van der Waals surface area (Å²) in [5, 5.41) is 0.882. The first kappa shape index (κ1) is 13.1. The molecule has 2 aliphatic carbocycles. The van der Waals surface area contributed by atoms with Crippen LogP contribution in [0.4, 0.5) is 0 Å². The Hall–Kier alpha value is -0.920. The third kappa shape index (κ3) is 2.82. The molecule has 3 rings (SSSR count). The van der Waals surface area contributed by atoms with Crippen LogP contribution in [-0.2, 0) is 0 Å². The van der Waals surface area contributed by atoms with Crippen molar-refractivity contribution < 1.29 is 0 Å². The molecule has 0 saturated carbocycles. The number of rotatable bonds is 0. The van der Waals surface area contributed by atoms with Crippen molar-refractivity contribution in [1.82, 2.24) is 0 Å². The molecular weight excluding hydrogens is 272 g/mol. The van der Waals surface area contributed by atoms with Crippen LogP contribution < -0.4 is 0 Å². The van der Waals surface area contributed by atoms with Gasteiger partial charge >= 0.3 is 0 Å². The van der Waals surface area contributed by atoms with Gasteiger partial charge in [-0.2, -0.15) is 0 Å². The molecule has 3 aliphatic rings. The van der Waals surface area contributed by atoms with E-state index in [0.29, 0.717) is 17.8 Å². The Bertz CT molecular complexity index is 546. The molecule has 98 valence electrons. The SMILES string of the molecule is CC1C2C=CC=CC(=C2)SCC2=CC1C=CC=C2Cl. The molecule has 0 fully saturated rings. The summed E-state index contributed by atoms with van der Waals surface area (Å²) in [6.45, 7) is 2.33. The molecule has 0 nitrogen and oxygen atoms in total. The van der Waals surface area contributed by atoms with Crippen molar-refractivity contribution in [3.05, 3.63) is 70.2 Å². The average Bonchev–Trinajstić information content (AvgIpc) is 2.71. The standard InChI is InChI=1S/C17H17ClS/c1-12-13-6-4-8-17(18)15(9-13)11-19-16-7-3-2-5-14(12)10-16/h2-10,12-14H,11H2,1H3. The van der Waals surface area contributed by atoms with E-state index >= 15 is 0 Å². The van der Waals surface area contributed by atoms with E-state index in [1.165, 1.54) is 10.5 Å². The van der Waals surface area contributed by atoms with Gasteiger partial charge in [-0.15, -0.1) is 11.8 Å². The van der Waals surface area contributed by atoms with Crippen LogP contribution in [0.25, 0.3) is 0 Å². The molecule has 4 bridgehead atoms. The molecule has 0 aromatic rings. The molecule has 0 amide bonds. The number of hydrogen-bond acceptors (Lipinski definition) is 1. The highest BCUT2D eigenvalue weighted by atomic mass is 35.5. The van der Waals surface area contributed by atoms with Crippen LogP contribution in [0.15, 0.2) is 70.2 Å². The van der Waals surface area contributed by atoms with E-state index in [4.69, 9.17) is 11.6 Å². The molecule has 1 aliphatic heterocycles. The molecule has 0 spiro atoms. The summed E-state index contributed by atoms with van der Waals surface area (Å²) < 4.78 is 0. The van der Waals surface area contributed by atoms with Gasteiger partial charge in [0.05, 0.1) is 0 Å². The predicted molar refractivity (Wildman–Crippen MR) is 86.1 cm³/mol. The lowest BCUT2D eigenvalue weighted by molar-refractivity contribution is 0.430. The number of allylic oxidation sites excluding steroid dienone is 10. The Kier molecular flexibility index (Phi) is 3.86. The maximum Gasteiger partial charge on any atom is 0.0443 e. The minimum atomic E-state index is 0.450. The van der Waals surface area contributed by atoms with Crippen molar-refractivity contribution in [1.29, 1.82) is 0 Å². The normalized spacial score (nSPS) is 33.2. The van der Waals surface area contributed by atoms with Gasteiger partial charge in [0.15, 0.2) is 0 Å². The molecule has 2 heteroatoms. The first-order chi connectivity index (χ1) is 9.24. The second-order valence-corrected chi connectivity index (χ2v) is 6.66. The van der Waals surface area contributed by atoms with Gasteiger partial charge in [-0.05, 0) is 35.5 Å². The van der Waals surface area contributed by atoms with Crippen molar-refractivity contribution in [2.24, 2.45) is 17.8 Å². The fraction of sp³-hybridized carbons (Fsp3) is 0.294. The molecule has 0 aromatic heterocycles. The highest BCUT2D eigenvalue weighted by Crippen LogP contribution is 2.37. The quantitative estimate of drug-likeness (QED) is 0.588. The summed E-state index contributed by atoms with van der Waals surface area (Å²) >= 11 is 8.24. The second-order valence-electron chi connectivity index (χ2n) is 5.21. The minimum Gasteiger partial charge on any atom is -0.122 e. The van der Waals surface area contributed by atoms with E-state index in [9.17, 15) is 0 Å². The van der Waals surface area contributed by atoms with Crippen LogP contribution in [0, 0.1) is 17.8 Å². The summed E-state index contributed by atoms with van der Waals surface area (Å²) in [4.78, 5) is 1.35. The Labute approximate surface area is 124 Å². The number of halogens is 1. The van der Waals surface area contributed by atoms with Crippen LogP contribution in [0.3, 0.4) is 0 Å². The van der Waals surface area contributed by atoms with Crippen molar-refractivity contribution in [2.75, 3.05) is 5.75 Å². The number of thioether (sulfide) groups is 1. The second kappa shape index (κ2) is 5.60. The molecule has 3 unspecified atom stereocenters. The van der Waals surface area contributed by atoms with E-state index < -0.39 is 0 Å². The predicted octanol–water partition coefficient (Wildman–Crippen LogP) is 5.23. The summed E-state index contributed by atoms with van der Waals surface area (Å²) in [5.74, 6) is 2.43. The van der Waals surface area contributed by atoms with Gasteiger partial charge < -0.3 is 0 Å². The fourth-order valence-electron chi connectivity index (χ4n) is 2.67. The Balaban J connectivity index is 2.03. The lowest BCUT2D eigenvalue weighted by Crippen LogP contribution is -2.15. The Morgan fingerprint density at radius 1 is 1.11 bits per heavy atom. The van der Waals surface area contributed by atoms with Gasteiger partial charge in [-0.3, -0.25) is 0 Å². The first-order valence-electron chi connectivity index (χ1n) is 6.68. The highest BCUT2D eigenvalue weighted by Gasteiger charge is 2.24. The summed E-state index contributed by atoms with van der Waals surface area (Å²) in [6, 6.07) is 0. The molecule has 1 heterocycles. The molecule has 0 aromatic carbocycles. The van der Waals surface area contributed by atoms with Crippen LogP contribution in [0.5, 0.6) is 0 Å². The number of hydrogen-bond donors (Lipinski definition) is 0. The van der Waals surface area contributed by atoms with Gasteiger partial charge in [0.2, 0.25) is 0 Å². The highest BCUT2D eigenvalue weighted by molar-refractivity contribution is 8.03. The topological polar surface area (TPSA) is 0 Å². The van der Waals surface area contributed by atoms with E-state index in [0.717, 1.165) is 10.8 Å². The van der Waals surface area contributed by atoms with Gasteiger partial charge in [0.1, 0.15) is 0 Å². The molecule has 0 N–H and O–H groups in total. The zero-order valence-electron chi connectivity index (χ0n) is 10.9. The van der Waals surface area contributed by atoms with E-state index in [1.54, 1.807) is 0 Å². The van der Waals surface area contributed by atoms with Crippen LogP contribution in [0.1, 0.15) is 6.92 Å². The van der Waals surface area contributed by atoms with Crippen molar-refractivity contribution in [3.63, 3.8) is 0 Å². The Morgan fingerprint density at radius 3 is 2.79 bits per heavy atom. The summed E-state index contributed by atoms with van der Waals surface area (Å²) in [7, 11) is 0. The summed E-state index contributed by atoms with van der Waals surface area (Å²) in [6.07, 6.45) is 20.0. The van der Waals surface area contributed by atoms with Gasteiger partial charge in [0.25, 0.3) is 0 Å². The zero-order valence-corrected chi connectivity index (χ0v) is 12.5. The molecule has 3 atom stereocenters. The maximum atomic E-state index is 6.37. The first-order valence-corrected chi connectivity index (χ1v) is 8.05. The van der Waals surface area contributed by atoms with Crippen LogP contribution in [-0.4, -0.2) is 5.75 Å². The van der Waals surface area contributed by atoms with Gasteiger partial charge in [0, 0.05) is 15.7 Å². The fourth-order valence-corrected chi connectivity index (χ4v) is 3.96. The minimum absolute atomic E-state index is 0.450. The molecule has 19 heavy (non-hydrogen) atoms. The molecule has 0 saturated heterocycles. The van der Waals surface area contributed by atoms with Crippen LogP contribution >= 0.6 is 23.4 Å². The monoisotopic (exact) mass is 288 g/mol. The molecule has 0 radical (unpaired) electrons. The van der Waals surface area contributed by atoms with Crippen LogP contribution in [0.2, 0.25) is 0 Å². The third-order valence-corrected chi connectivity index (χ3v) is 5.38. The Morgan fingerprint density at radius 2 is 1.89 bits per heavy atom. The summed E-state index contributed by atoms with van der Waals surface area (Å²) in [5.41, 5.74) is 1.26. The van der Waals surface area contributed by atoms with Crippen molar-refractivity contribution in [3.8, 4) is 0 Å². The van der Waals surface area contributed by atoms with Crippen molar-refractivity contribution >= 4 is 23.4 Å². The van der Waals surface area contributed by atoms with Crippen molar-refractivity contribution in [2.45, 2.75) is 6.92 Å². The smallest absolute Gasteiger partial charge is 0.0443 e. The average molecular weight is 289 g/mol. The lowest BCUT2D eigenvalue weighted by atomic mass is 9.81. The number of fused-ring (bicyclic) bond motifs is 2. The van der Waals surface area contributed by atoms with Gasteiger partial charge in [-0.1, -0.05) is 61.1 Å². The van der Waals surface area contributed by atoms with E-state index in [-0.39, 0.29) is 0 Å². The van der Waals surface area contributed by atoms with Gasteiger partial charge in [-0.25, -0.2) is 0 Å². The zero-order chi connectivity index (χ0) is 13.2. The lowest BCUT2D eigenvalue weighted by Gasteiger charge is -2.23. The molecular formula is C17H17ClS. The maximum absolute atomic E-state index is 6.37. The largest absolute Gasteiger partial charge is 0.122 e.